The van der Waals surface area contributed by atoms with E-state index in [0.717, 1.165) is 75.2 Å². The van der Waals surface area contributed by atoms with E-state index in [1.165, 1.54) is 5.56 Å². The third kappa shape index (κ3) is 5.18. The Morgan fingerprint density at radius 2 is 1.78 bits per heavy atom. The van der Waals surface area contributed by atoms with E-state index in [1.54, 1.807) is 12.1 Å². The summed E-state index contributed by atoms with van der Waals surface area (Å²) in [6, 6.07) is 17.1. The standard InChI is InChI=1S/C29H37N5O2/c1-32-28(25-9-5-6-10-26(25)31-32)34(29(36)23-11-13-24(30)14-12-23)20-19-33-17-15-22(16-18-33)27(35)21-7-3-2-4-8-21/h2-4,7-8,11-14,22,27,35H,5-6,9-10,15-20,30H2,1H3. The van der Waals surface area contributed by atoms with Crippen molar-refractivity contribution in [1.82, 2.24) is 14.7 Å². The molecule has 190 valence electrons. The number of nitrogens with zero attached hydrogens (tertiary/aromatic N) is 4. The summed E-state index contributed by atoms with van der Waals surface area (Å²) in [6.07, 6.45) is 5.70. The molecule has 0 bridgehead atoms. The molecule has 36 heavy (non-hydrogen) atoms. The van der Waals surface area contributed by atoms with Crippen LogP contribution in [0.1, 0.15) is 59.0 Å². The number of aryl methyl sites for hydroxylation is 2. The molecule has 2 heterocycles. The minimum absolute atomic E-state index is 0.0132. The van der Waals surface area contributed by atoms with Crippen LogP contribution in [0.15, 0.2) is 54.6 Å². The minimum Gasteiger partial charge on any atom is -0.399 e. The van der Waals surface area contributed by atoms with Crippen molar-refractivity contribution >= 4 is 17.4 Å². The van der Waals surface area contributed by atoms with E-state index in [9.17, 15) is 9.90 Å². The fourth-order valence-electron chi connectivity index (χ4n) is 5.74. The number of fused-ring (bicyclic) bond motifs is 1. The predicted octanol–water partition coefficient (Wildman–Crippen LogP) is 3.97. The molecule has 7 nitrogen and oxygen atoms in total. The van der Waals surface area contributed by atoms with E-state index in [1.807, 2.05) is 59.1 Å². The molecule has 1 aliphatic carbocycles. The first-order valence-corrected chi connectivity index (χ1v) is 13.2. The number of aliphatic hydroxyl groups is 1. The monoisotopic (exact) mass is 487 g/mol. The number of nitrogens with two attached hydrogens (primary N) is 1. The maximum absolute atomic E-state index is 13.8. The van der Waals surface area contributed by atoms with E-state index in [-0.39, 0.29) is 11.8 Å². The highest BCUT2D eigenvalue weighted by Crippen LogP contribution is 2.32. The molecular formula is C29H37N5O2. The van der Waals surface area contributed by atoms with Crippen LogP contribution in [-0.4, -0.2) is 51.9 Å². The van der Waals surface area contributed by atoms with Crippen LogP contribution in [0, 0.1) is 5.92 Å². The van der Waals surface area contributed by atoms with Crippen molar-refractivity contribution in [1.29, 1.82) is 0 Å². The van der Waals surface area contributed by atoms with Gasteiger partial charge in [0.15, 0.2) is 0 Å². The Morgan fingerprint density at radius 1 is 1.08 bits per heavy atom. The molecule has 0 radical (unpaired) electrons. The maximum Gasteiger partial charge on any atom is 0.259 e. The molecule has 1 aliphatic heterocycles. The number of hydrogen-bond acceptors (Lipinski definition) is 5. The zero-order chi connectivity index (χ0) is 25.1. The lowest BCUT2D eigenvalue weighted by molar-refractivity contribution is 0.0595. The molecule has 2 aromatic carbocycles. The van der Waals surface area contributed by atoms with Gasteiger partial charge in [0.1, 0.15) is 5.82 Å². The van der Waals surface area contributed by atoms with Crippen molar-refractivity contribution in [2.24, 2.45) is 13.0 Å². The maximum atomic E-state index is 13.8. The number of carbonyl (C=O) groups is 1. The van der Waals surface area contributed by atoms with Crippen molar-refractivity contribution in [3.8, 4) is 0 Å². The lowest BCUT2D eigenvalue weighted by Crippen LogP contribution is -2.43. The van der Waals surface area contributed by atoms with Gasteiger partial charge in [-0.15, -0.1) is 0 Å². The second kappa shape index (κ2) is 10.8. The van der Waals surface area contributed by atoms with E-state index in [0.29, 0.717) is 17.8 Å². The number of rotatable bonds is 7. The molecular weight excluding hydrogens is 450 g/mol. The summed E-state index contributed by atoms with van der Waals surface area (Å²) in [6.45, 7) is 3.22. The van der Waals surface area contributed by atoms with Crippen molar-refractivity contribution in [3.05, 3.63) is 77.0 Å². The van der Waals surface area contributed by atoms with Crippen LogP contribution < -0.4 is 10.6 Å². The fourth-order valence-corrected chi connectivity index (χ4v) is 5.74. The Morgan fingerprint density at radius 3 is 2.50 bits per heavy atom. The molecule has 7 heteroatoms. The highest BCUT2D eigenvalue weighted by atomic mass is 16.3. The predicted molar refractivity (Wildman–Crippen MR) is 143 cm³/mol. The lowest BCUT2D eigenvalue weighted by atomic mass is 9.87. The first kappa shape index (κ1) is 24.5. The summed E-state index contributed by atoms with van der Waals surface area (Å²) in [7, 11) is 1.95. The molecule has 1 fully saturated rings. The van der Waals surface area contributed by atoms with Crippen molar-refractivity contribution in [2.45, 2.75) is 44.6 Å². The third-order valence-corrected chi connectivity index (χ3v) is 7.80. The van der Waals surface area contributed by atoms with Crippen LogP contribution in [0.4, 0.5) is 11.5 Å². The molecule has 1 unspecified atom stereocenters. The summed E-state index contributed by atoms with van der Waals surface area (Å²) >= 11 is 0. The van der Waals surface area contributed by atoms with Crippen LogP contribution in [0.3, 0.4) is 0 Å². The molecule has 1 amide bonds. The molecule has 3 N–H and O–H groups in total. The molecule has 2 aliphatic rings. The number of likely N-dealkylation sites (tertiary alicyclic amines) is 1. The second-order valence-electron chi connectivity index (χ2n) is 10.2. The van der Waals surface area contributed by atoms with Gasteiger partial charge >= 0.3 is 0 Å². The zero-order valence-corrected chi connectivity index (χ0v) is 21.1. The number of nitrogen functional groups attached to an aromatic ring is 1. The number of anilines is 2. The summed E-state index contributed by atoms with van der Waals surface area (Å²) in [4.78, 5) is 18.1. The van der Waals surface area contributed by atoms with Gasteiger partial charge in [0.05, 0.1) is 11.8 Å². The van der Waals surface area contributed by atoms with Crippen molar-refractivity contribution in [2.75, 3.05) is 36.8 Å². The van der Waals surface area contributed by atoms with Crippen LogP contribution in [0.2, 0.25) is 0 Å². The topological polar surface area (TPSA) is 87.6 Å². The van der Waals surface area contributed by atoms with Gasteiger partial charge in [0.2, 0.25) is 0 Å². The molecule has 3 aromatic rings. The number of carbonyl (C=O) groups excluding carboxylic acids is 1. The van der Waals surface area contributed by atoms with E-state index in [2.05, 4.69) is 4.90 Å². The smallest absolute Gasteiger partial charge is 0.259 e. The van der Waals surface area contributed by atoms with Crippen LogP contribution in [0.5, 0.6) is 0 Å². The van der Waals surface area contributed by atoms with Crippen LogP contribution in [0.25, 0.3) is 0 Å². The lowest BCUT2D eigenvalue weighted by Gasteiger charge is -2.35. The largest absolute Gasteiger partial charge is 0.399 e. The molecule has 1 aromatic heterocycles. The van der Waals surface area contributed by atoms with Gasteiger partial charge in [-0.3, -0.25) is 14.4 Å². The summed E-state index contributed by atoms with van der Waals surface area (Å²) in [5.41, 5.74) is 10.5. The van der Waals surface area contributed by atoms with Gasteiger partial charge in [-0.2, -0.15) is 5.10 Å². The summed E-state index contributed by atoms with van der Waals surface area (Å²) in [5, 5.41) is 15.6. The molecule has 5 rings (SSSR count). The van der Waals surface area contributed by atoms with Gasteiger partial charge in [-0.1, -0.05) is 30.3 Å². The average Bonchev–Trinajstić information content (AvgIpc) is 3.25. The SMILES string of the molecule is Cn1nc2c(c1N(CCN1CCC(C(O)c3ccccc3)CC1)C(=O)c1ccc(N)cc1)CCCC2. The number of piperidine rings is 1. The highest BCUT2D eigenvalue weighted by molar-refractivity contribution is 6.06. The van der Waals surface area contributed by atoms with Gasteiger partial charge in [0.25, 0.3) is 5.91 Å². The molecule has 0 saturated carbocycles. The van der Waals surface area contributed by atoms with Gasteiger partial charge in [0, 0.05) is 37.0 Å². The average molecular weight is 488 g/mol. The number of benzene rings is 2. The first-order valence-electron chi connectivity index (χ1n) is 13.2. The number of aliphatic hydroxyl groups excluding tert-OH is 1. The third-order valence-electron chi connectivity index (χ3n) is 7.80. The van der Waals surface area contributed by atoms with Crippen LogP contribution >= 0.6 is 0 Å². The normalized spacial score (nSPS) is 17.5. The quantitative estimate of drug-likeness (QED) is 0.493. The van der Waals surface area contributed by atoms with Gasteiger partial charge in [-0.25, -0.2) is 0 Å². The zero-order valence-electron chi connectivity index (χ0n) is 21.1. The molecule has 0 spiro atoms. The first-order chi connectivity index (χ1) is 17.5. The van der Waals surface area contributed by atoms with Crippen molar-refractivity contribution in [3.63, 3.8) is 0 Å². The number of amides is 1. The van der Waals surface area contributed by atoms with Crippen LogP contribution in [-0.2, 0) is 19.9 Å². The van der Waals surface area contributed by atoms with Gasteiger partial charge < -0.3 is 15.7 Å². The number of aromatic nitrogens is 2. The molecule has 1 saturated heterocycles. The Kier molecular flexibility index (Phi) is 7.39. The Balaban J connectivity index is 1.30. The van der Waals surface area contributed by atoms with Crippen molar-refractivity contribution < 1.29 is 9.90 Å². The van der Waals surface area contributed by atoms with E-state index < -0.39 is 6.10 Å². The van der Waals surface area contributed by atoms with E-state index >= 15 is 0 Å². The van der Waals surface area contributed by atoms with Gasteiger partial charge in [-0.05, 0) is 87.4 Å². The summed E-state index contributed by atoms with van der Waals surface area (Å²) in [5.74, 6) is 1.18. The Bertz CT molecular complexity index is 1170. The molecule has 1 atom stereocenters. The highest BCUT2D eigenvalue weighted by Gasteiger charge is 2.30. The van der Waals surface area contributed by atoms with E-state index in [4.69, 9.17) is 10.8 Å². The Labute approximate surface area is 213 Å². The summed E-state index contributed by atoms with van der Waals surface area (Å²) < 4.78 is 1.90. The Hall–Kier alpha value is -3.16. The fraction of sp³-hybridized carbons (Fsp3) is 0.448. The number of hydrogen-bond donors (Lipinski definition) is 2. The second-order valence-corrected chi connectivity index (χ2v) is 10.2. The minimum atomic E-state index is -0.419.